The van der Waals surface area contributed by atoms with E-state index in [4.69, 9.17) is 9.47 Å². The second kappa shape index (κ2) is 8.70. The molecule has 5 nitrogen and oxygen atoms in total. The maximum absolute atomic E-state index is 12.3. The topological polar surface area (TPSA) is 55.8 Å². The number of amides is 2. The van der Waals surface area contributed by atoms with Crippen molar-refractivity contribution in [1.29, 1.82) is 0 Å². The summed E-state index contributed by atoms with van der Waals surface area (Å²) in [4.78, 5) is 26.0. The van der Waals surface area contributed by atoms with E-state index >= 15 is 0 Å². The molecule has 0 spiro atoms. The van der Waals surface area contributed by atoms with Gasteiger partial charge in [0.1, 0.15) is 5.75 Å². The molecule has 7 heteroatoms. The highest BCUT2D eigenvalue weighted by Gasteiger charge is 2.34. The van der Waals surface area contributed by atoms with E-state index in [0.29, 0.717) is 31.1 Å². The highest BCUT2D eigenvalue weighted by atomic mass is 127. The lowest BCUT2D eigenvalue weighted by atomic mass is 10.2. The maximum atomic E-state index is 12.3. The highest BCUT2D eigenvalue weighted by Crippen LogP contribution is 2.33. The van der Waals surface area contributed by atoms with Crippen LogP contribution < -0.4 is 4.74 Å². The molecule has 0 unspecified atom stereocenters. The lowest BCUT2D eigenvalue weighted by molar-refractivity contribution is -0.122. The summed E-state index contributed by atoms with van der Waals surface area (Å²) < 4.78 is 11.4. The van der Waals surface area contributed by atoms with E-state index in [-0.39, 0.29) is 11.1 Å². The molecular formula is C16H18INO4S. The minimum absolute atomic E-state index is 0.224. The number of benzene rings is 1. The molecule has 1 aromatic rings. The van der Waals surface area contributed by atoms with Crippen LogP contribution in [-0.4, -0.2) is 42.9 Å². The fourth-order valence-electron chi connectivity index (χ4n) is 2.09. The van der Waals surface area contributed by atoms with Crippen molar-refractivity contribution >= 4 is 51.6 Å². The van der Waals surface area contributed by atoms with Crippen LogP contribution in [0.3, 0.4) is 0 Å². The van der Waals surface area contributed by atoms with E-state index in [1.807, 2.05) is 25.1 Å². The van der Waals surface area contributed by atoms with Gasteiger partial charge in [-0.3, -0.25) is 14.5 Å². The standard InChI is InChI=1S/C16H18INO4S/c1-3-22-13-6-5-11(9-12(13)17)10-14-15(19)18(16(20)23-14)7-4-8-21-2/h5-6,9-10H,3-4,7-8H2,1-2H3/b14-10+. The largest absolute Gasteiger partial charge is 0.493 e. The van der Waals surface area contributed by atoms with Gasteiger partial charge in [0.15, 0.2) is 0 Å². The number of rotatable bonds is 7. The minimum atomic E-state index is -0.236. The Labute approximate surface area is 153 Å². The molecule has 2 rings (SSSR count). The van der Waals surface area contributed by atoms with Crippen molar-refractivity contribution in [2.24, 2.45) is 0 Å². The second-order valence-electron chi connectivity index (χ2n) is 4.80. The summed E-state index contributed by atoms with van der Waals surface area (Å²) in [5, 5.41) is -0.224. The third-order valence-corrected chi connectivity index (χ3v) is 4.91. The molecule has 0 radical (unpaired) electrons. The molecule has 0 atom stereocenters. The fraction of sp³-hybridized carbons (Fsp3) is 0.375. The van der Waals surface area contributed by atoms with Gasteiger partial charge in [-0.15, -0.1) is 0 Å². The molecule has 23 heavy (non-hydrogen) atoms. The molecule has 0 saturated carbocycles. The first-order valence-electron chi connectivity index (χ1n) is 7.23. The van der Waals surface area contributed by atoms with E-state index < -0.39 is 0 Å². The molecule has 1 aliphatic rings. The van der Waals surface area contributed by atoms with Gasteiger partial charge in [0.25, 0.3) is 11.1 Å². The Kier molecular flexibility index (Phi) is 6.91. The van der Waals surface area contributed by atoms with Crippen molar-refractivity contribution in [3.8, 4) is 5.75 Å². The predicted molar refractivity (Wildman–Crippen MR) is 99.5 cm³/mol. The lowest BCUT2D eigenvalue weighted by Crippen LogP contribution is -2.29. The number of carbonyl (C=O) groups is 2. The Hall–Kier alpha value is -1.06. The molecule has 1 saturated heterocycles. The molecule has 1 fully saturated rings. The second-order valence-corrected chi connectivity index (χ2v) is 6.96. The predicted octanol–water partition coefficient (Wildman–Crippen LogP) is 3.76. The fourth-order valence-corrected chi connectivity index (χ4v) is 3.65. The first-order chi connectivity index (χ1) is 11.1. The molecule has 0 bridgehead atoms. The third-order valence-electron chi connectivity index (χ3n) is 3.16. The molecule has 0 aromatic heterocycles. The van der Waals surface area contributed by atoms with E-state index in [2.05, 4.69) is 22.6 Å². The summed E-state index contributed by atoms with van der Waals surface area (Å²) in [6.45, 7) is 3.45. The van der Waals surface area contributed by atoms with Gasteiger partial charge >= 0.3 is 0 Å². The Morgan fingerprint density at radius 3 is 2.78 bits per heavy atom. The zero-order valence-corrected chi connectivity index (χ0v) is 16.0. The van der Waals surface area contributed by atoms with Crippen LogP contribution in [0.15, 0.2) is 23.1 Å². The lowest BCUT2D eigenvalue weighted by Gasteiger charge is -2.11. The van der Waals surface area contributed by atoms with Crippen LogP contribution >= 0.6 is 34.4 Å². The number of hydrogen-bond acceptors (Lipinski definition) is 5. The average molecular weight is 447 g/mol. The van der Waals surface area contributed by atoms with Crippen molar-refractivity contribution < 1.29 is 19.1 Å². The molecular weight excluding hydrogens is 429 g/mol. The van der Waals surface area contributed by atoms with Gasteiger partial charge in [-0.25, -0.2) is 0 Å². The van der Waals surface area contributed by atoms with Crippen LogP contribution in [0.1, 0.15) is 18.9 Å². The van der Waals surface area contributed by atoms with Crippen LogP contribution in [0.5, 0.6) is 5.75 Å². The van der Waals surface area contributed by atoms with Gasteiger partial charge < -0.3 is 9.47 Å². The summed E-state index contributed by atoms with van der Waals surface area (Å²) in [7, 11) is 1.60. The summed E-state index contributed by atoms with van der Waals surface area (Å²) in [6.07, 6.45) is 2.39. The first kappa shape index (κ1) is 18.3. The van der Waals surface area contributed by atoms with Gasteiger partial charge in [0, 0.05) is 20.3 Å². The van der Waals surface area contributed by atoms with E-state index in [9.17, 15) is 9.59 Å². The van der Waals surface area contributed by atoms with Gasteiger partial charge in [-0.05, 0) is 71.5 Å². The number of halogens is 1. The number of ether oxygens (including phenoxy) is 2. The average Bonchev–Trinajstić information content (AvgIpc) is 2.78. The number of carbonyl (C=O) groups excluding carboxylic acids is 2. The molecule has 124 valence electrons. The Morgan fingerprint density at radius 1 is 1.35 bits per heavy atom. The van der Waals surface area contributed by atoms with Crippen LogP contribution in [0.25, 0.3) is 6.08 Å². The van der Waals surface area contributed by atoms with Gasteiger partial charge in [-0.1, -0.05) is 6.07 Å². The molecule has 0 aliphatic carbocycles. The van der Waals surface area contributed by atoms with Crippen LogP contribution in [-0.2, 0) is 9.53 Å². The van der Waals surface area contributed by atoms with Gasteiger partial charge in [0.05, 0.1) is 15.1 Å². The van der Waals surface area contributed by atoms with Crippen molar-refractivity contribution in [1.82, 2.24) is 4.90 Å². The molecule has 1 aliphatic heterocycles. The Balaban J connectivity index is 2.12. The number of imide groups is 1. The van der Waals surface area contributed by atoms with E-state index in [1.54, 1.807) is 13.2 Å². The quantitative estimate of drug-likeness (QED) is 0.362. The zero-order chi connectivity index (χ0) is 16.8. The van der Waals surface area contributed by atoms with E-state index in [0.717, 1.165) is 26.6 Å². The summed E-state index contributed by atoms with van der Waals surface area (Å²) in [6, 6.07) is 5.69. The SMILES string of the molecule is CCOc1ccc(/C=C2/SC(=O)N(CCCOC)C2=O)cc1I. The summed E-state index contributed by atoms with van der Waals surface area (Å²) >= 11 is 3.17. The first-order valence-corrected chi connectivity index (χ1v) is 9.13. The monoisotopic (exact) mass is 447 g/mol. The van der Waals surface area contributed by atoms with Crippen LogP contribution in [0.4, 0.5) is 4.79 Å². The van der Waals surface area contributed by atoms with Crippen LogP contribution in [0.2, 0.25) is 0 Å². The minimum Gasteiger partial charge on any atom is -0.493 e. The Bertz CT molecular complexity index is 633. The van der Waals surface area contributed by atoms with Crippen molar-refractivity contribution in [2.45, 2.75) is 13.3 Å². The smallest absolute Gasteiger partial charge is 0.293 e. The normalized spacial score (nSPS) is 16.5. The zero-order valence-electron chi connectivity index (χ0n) is 13.0. The summed E-state index contributed by atoms with van der Waals surface area (Å²) in [5.41, 5.74) is 0.875. The molecule has 0 N–H and O–H groups in total. The molecule has 1 heterocycles. The van der Waals surface area contributed by atoms with Crippen molar-refractivity contribution in [3.63, 3.8) is 0 Å². The number of thioether (sulfide) groups is 1. The maximum Gasteiger partial charge on any atom is 0.293 e. The summed E-state index contributed by atoms with van der Waals surface area (Å²) in [5.74, 6) is 0.581. The molecule has 1 aromatic carbocycles. The van der Waals surface area contributed by atoms with E-state index in [1.165, 1.54) is 4.90 Å². The number of nitrogens with zero attached hydrogens (tertiary/aromatic N) is 1. The van der Waals surface area contributed by atoms with Crippen molar-refractivity contribution in [3.05, 3.63) is 32.2 Å². The van der Waals surface area contributed by atoms with Crippen molar-refractivity contribution in [2.75, 3.05) is 26.9 Å². The number of methoxy groups -OCH3 is 1. The van der Waals surface area contributed by atoms with Gasteiger partial charge in [0.2, 0.25) is 0 Å². The molecule has 2 amide bonds. The van der Waals surface area contributed by atoms with Gasteiger partial charge in [-0.2, -0.15) is 0 Å². The van der Waals surface area contributed by atoms with Crippen LogP contribution in [0, 0.1) is 3.57 Å². The number of hydrogen-bond donors (Lipinski definition) is 0. The highest BCUT2D eigenvalue weighted by molar-refractivity contribution is 14.1. The third kappa shape index (κ3) is 4.71. The Morgan fingerprint density at radius 2 is 2.13 bits per heavy atom.